The molecule has 9 heteroatoms. The van der Waals surface area contributed by atoms with E-state index in [4.69, 9.17) is 4.42 Å². The predicted molar refractivity (Wildman–Crippen MR) is 98.7 cm³/mol. The van der Waals surface area contributed by atoms with E-state index in [2.05, 4.69) is 9.71 Å². The highest BCUT2D eigenvalue weighted by Crippen LogP contribution is 2.26. The van der Waals surface area contributed by atoms with Gasteiger partial charge >= 0.3 is 5.63 Å². The van der Waals surface area contributed by atoms with E-state index >= 15 is 0 Å². The van der Waals surface area contributed by atoms with Gasteiger partial charge in [0.2, 0.25) is 0 Å². The molecule has 2 heterocycles. The van der Waals surface area contributed by atoms with Crippen molar-refractivity contribution in [2.45, 2.75) is 11.8 Å². The quantitative estimate of drug-likeness (QED) is 0.546. The van der Waals surface area contributed by atoms with Gasteiger partial charge in [-0.3, -0.25) is 4.72 Å². The van der Waals surface area contributed by atoms with Gasteiger partial charge in [0.25, 0.3) is 10.0 Å². The SMILES string of the molecule is Cc1cc(F)ccc1NS(=O)(=O)c1ccc2oc(=O)c3ncn(C)c3c2c1. The Labute approximate surface area is 153 Å². The number of aryl methyl sites for hydroxylation is 2. The molecule has 0 atom stereocenters. The van der Waals surface area contributed by atoms with E-state index in [1.807, 2.05) is 0 Å². The molecular formula is C18H14FN3O4S. The summed E-state index contributed by atoms with van der Waals surface area (Å²) in [7, 11) is -2.23. The molecule has 1 N–H and O–H groups in total. The van der Waals surface area contributed by atoms with Crippen molar-refractivity contribution >= 4 is 37.7 Å². The van der Waals surface area contributed by atoms with Crippen LogP contribution in [0.3, 0.4) is 0 Å². The second-order valence-corrected chi connectivity index (χ2v) is 7.85. The average Bonchev–Trinajstić information content (AvgIpc) is 3.00. The van der Waals surface area contributed by atoms with Crippen molar-refractivity contribution < 1.29 is 17.2 Å². The summed E-state index contributed by atoms with van der Waals surface area (Å²) in [6.07, 6.45) is 1.46. The Hall–Kier alpha value is -3.20. The fourth-order valence-electron chi connectivity index (χ4n) is 2.94. The zero-order valence-corrected chi connectivity index (χ0v) is 15.2. The van der Waals surface area contributed by atoms with Gasteiger partial charge in [-0.1, -0.05) is 0 Å². The smallest absolute Gasteiger partial charge is 0.364 e. The summed E-state index contributed by atoms with van der Waals surface area (Å²) < 4.78 is 48.1. The van der Waals surface area contributed by atoms with Crippen LogP contribution >= 0.6 is 0 Å². The molecule has 0 unspecified atom stereocenters. The molecule has 0 aliphatic heterocycles. The number of anilines is 1. The lowest BCUT2D eigenvalue weighted by atomic mass is 10.2. The number of imidazole rings is 1. The maximum absolute atomic E-state index is 13.2. The number of rotatable bonds is 3. The summed E-state index contributed by atoms with van der Waals surface area (Å²) in [6.45, 7) is 1.61. The van der Waals surface area contributed by atoms with Crippen LogP contribution in [0, 0.1) is 12.7 Å². The van der Waals surface area contributed by atoms with Gasteiger partial charge in [0, 0.05) is 12.4 Å². The minimum absolute atomic E-state index is 0.0185. The first-order valence-electron chi connectivity index (χ1n) is 7.93. The number of nitrogens with one attached hydrogen (secondary N) is 1. The molecule has 0 spiro atoms. The van der Waals surface area contributed by atoms with Crippen LogP contribution in [0.2, 0.25) is 0 Å². The van der Waals surface area contributed by atoms with E-state index in [0.717, 1.165) is 0 Å². The summed E-state index contributed by atoms with van der Waals surface area (Å²) in [6, 6.07) is 7.97. The van der Waals surface area contributed by atoms with E-state index in [1.54, 1.807) is 18.5 Å². The van der Waals surface area contributed by atoms with Crippen molar-refractivity contribution in [3.05, 3.63) is 64.5 Å². The first kappa shape index (κ1) is 17.2. The normalized spacial score (nSPS) is 12.0. The van der Waals surface area contributed by atoms with Crippen molar-refractivity contribution in [1.82, 2.24) is 9.55 Å². The molecule has 27 heavy (non-hydrogen) atoms. The second kappa shape index (κ2) is 5.92. The molecular weight excluding hydrogens is 373 g/mol. The van der Waals surface area contributed by atoms with E-state index < -0.39 is 21.5 Å². The molecule has 7 nitrogen and oxygen atoms in total. The van der Waals surface area contributed by atoms with Gasteiger partial charge < -0.3 is 8.98 Å². The lowest BCUT2D eigenvalue weighted by Gasteiger charge is -2.11. The fraction of sp³-hybridized carbons (Fsp3) is 0.111. The average molecular weight is 387 g/mol. The molecule has 138 valence electrons. The van der Waals surface area contributed by atoms with E-state index in [-0.39, 0.29) is 21.7 Å². The minimum atomic E-state index is -3.94. The fourth-order valence-corrected chi connectivity index (χ4v) is 4.10. The van der Waals surface area contributed by atoms with Gasteiger partial charge in [-0.2, -0.15) is 0 Å². The number of sulfonamides is 1. The van der Waals surface area contributed by atoms with Crippen LogP contribution in [0.25, 0.3) is 22.0 Å². The molecule has 0 aliphatic rings. The maximum atomic E-state index is 13.2. The standard InChI is InChI=1S/C18H14FN3O4S/c1-10-7-11(19)3-5-14(10)21-27(24,25)12-4-6-15-13(8-12)17-16(18(23)26-15)20-9-22(17)2/h3-9,21H,1-2H3. The van der Waals surface area contributed by atoms with Gasteiger partial charge in [-0.15, -0.1) is 0 Å². The minimum Gasteiger partial charge on any atom is -0.421 e. The highest BCUT2D eigenvalue weighted by molar-refractivity contribution is 7.92. The molecule has 4 rings (SSSR count). The molecule has 0 radical (unpaired) electrons. The number of halogens is 1. The number of hydrogen-bond donors (Lipinski definition) is 1. The van der Waals surface area contributed by atoms with Crippen molar-refractivity contribution in [1.29, 1.82) is 0 Å². The van der Waals surface area contributed by atoms with Gasteiger partial charge in [0.05, 0.1) is 22.4 Å². The van der Waals surface area contributed by atoms with Crippen LogP contribution in [0.15, 0.2) is 56.8 Å². The van der Waals surface area contributed by atoms with Gasteiger partial charge in [0.15, 0.2) is 5.52 Å². The lowest BCUT2D eigenvalue weighted by Crippen LogP contribution is -2.14. The van der Waals surface area contributed by atoms with Crippen LogP contribution in [-0.2, 0) is 17.1 Å². The third-order valence-electron chi connectivity index (χ3n) is 4.28. The molecule has 4 aromatic rings. The Balaban J connectivity index is 1.88. The topological polar surface area (TPSA) is 94.2 Å². The Morgan fingerprint density at radius 2 is 1.96 bits per heavy atom. The zero-order valence-electron chi connectivity index (χ0n) is 14.4. The highest BCUT2D eigenvalue weighted by Gasteiger charge is 2.19. The van der Waals surface area contributed by atoms with E-state index in [1.165, 1.54) is 42.7 Å². The molecule has 0 saturated heterocycles. The number of benzene rings is 2. The first-order valence-corrected chi connectivity index (χ1v) is 9.41. The summed E-state index contributed by atoms with van der Waals surface area (Å²) in [5.41, 5.74) is 1.01. The summed E-state index contributed by atoms with van der Waals surface area (Å²) >= 11 is 0. The third-order valence-corrected chi connectivity index (χ3v) is 5.65. The predicted octanol–water partition coefficient (Wildman–Crippen LogP) is 2.93. The number of nitrogens with zero attached hydrogens (tertiary/aromatic N) is 2. The summed E-state index contributed by atoms with van der Waals surface area (Å²) in [5, 5.41) is 0.448. The van der Waals surface area contributed by atoms with Crippen molar-refractivity contribution in [2.75, 3.05) is 4.72 Å². The molecule has 0 fully saturated rings. The second-order valence-electron chi connectivity index (χ2n) is 6.16. The van der Waals surface area contributed by atoms with Crippen molar-refractivity contribution in [3.8, 4) is 0 Å². The van der Waals surface area contributed by atoms with Crippen LogP contribution < -0.4 is 10.3 Å². The molecule has 2 aromatic heterocycles. The number of fused-ring (bicyclic) bond motifs is 3. The Kier molecular flexibility index (Phi) is 3.77. The molecule has 0 aliphatic carbocycles. The van der Waals surface area contributed by atoms with Gasteiger partial charge in [-0.25, -0.2) is 22.6 Å². The Morgan fingerprint density at radius 1 is 1.19 bits per heavy atom. The third kappa shape index (κ3) is 2.85. The Morgan fingerprint density at radius 3 is 2.70 bits per heavy atom. The zero-order chi connectivity index (χ0) is 19.3. The Bertz CT molecular complexity index is 1370. The number of hydrogen-bond acceptors (Lipinski definition) is 5. The summed E-state index contributed by atoms with van der Waals surface area (Å²) in [4.78, 5) is 16.0. The number of aromatic nitrogens is 2. The summed E-state index contributed by atoms with van der Waals surface area (Å²) in [5.74, 6) is -0.449. The van der Waals surface area contributed by atoms with Crippen LogP contribution in [0.4, 0.5) is 10.1 Å². The largest absolute Gasteiger partial charge is 0.421 e. The molecule has 0 amide bonds. The van der Waals surface area contributed by atoms with Gasteiger partial charge in [-0.05, 0) is 48.9 Å². The molecule has 0 bridgehead atoms. The van der Waals surface area contributed by atoms with Crippen LogP contribution in [-0.4, -0.2) is 18.0 Å². The van der Waals surface area contributed by atoms with Crippen molar-refractivity contribution in [3.63, 3.8) is 0 Å². The first-order chi connectivity index (χ1) is 12.8. The van der Waals surface area contributed by atoms with E-state index in [9.17, 15) is 17.6 Å². The highest BCUT2D eigenvalue weighted by atomic mass is 32.2. The lowest BCUT2D eigenvalue weighted by molar-refractivity contribution is 0.567. The van der Waals surface area contributed by atoms with Gasteiger partial charge in [0.1, 0.15) is 11.4 Å². The van der Waals surface area contributed by atoms with Crippen molar-refractivity contribution in [2.24, 2.45) is 7.05 Å². The van der Waals surface area contributed by atoms with Crippen LogP contribution in [0.5, 0.6) is 0 Å². The molecule has 2 aromatic carbocycles. The van der Waals surface area contributed by atoms with E-state index in [0.29, 0.717) is 16.5 Å². The maximum Gasteiger partial charge on any atom is 0.364 e. The molecule has 0 saturated carbocycles. The van der Waals surface area contributed by atoms with Crippen LogP contribution in [0.1, 0.15) is 5.56 Å². The monoisotopic (exact) mass is 387 g/mol.